The molecular weight excluding hydrogens is 457 g/mol. The Morgan fingerprint density at radius 3 is 2.39 bits per heavy atom. The van der Waals surface area contributed by atoms with Crippen LogP contribution in [0.4, 0.5) is 13.2 Å². The van der Waals surface area contributed by atoms with Crippen LogP contribution in [0.3, 0.4) is 0 Å². The van der Waals surface area contributed by atoms with Crippen molar-refractivity contribution in [3.63, 3.8) is 0 Å². The molecule has 3 rings (SSSR count). The molecule has 0 fully saturated rings. The van der Waals surface area contributed by atoms with Crippen LogP contribution in [0.2, 0.25) is 5.02 Å². The first-order valence-electron chi connectivity index (χ1n) is 9.34. The molecule has 0 radical (unpaired) electrons. The topological polar surface area (TPSA) is 75.7 Å². The molecule has 0 atom stereocenters. The van der Waals surface area contributed by atoms with E-state index in [-0.39, 0.29) is 37.4 Å². The van der Waals surface area contributed by atoms with E-state index in [0.29, 0.717) is 21.9 Å². The average molecular weight is 477 g/mol. The fraction of sp³-hybridized carbons (Fsp3) is 0.350. The van der Waals surface area contributed by atoms with Crippen LogP contribution in [0.1, 0.15) is 16.7 Å². The summed E-state index contributed by atoms with van der Waals surface area (Å²) in [5.74, 6) is -1.50. The lowest BCUT2D eigenvalue weighted by molar-refractivity contribution is -0.185. The van der Waals surface area contributed by atoms with Crippen molar-refractivity contribution >= 4 is 27.5 Å². The fourth-order valence-corrected chi connectivity index (χ4v) is 4.30. The second-order valence-electron chi connectivity index (χ2n) is 6.94. The number of hydrogen-bond donors (Lipinski definition) is 1. The Morgan fingerprint density at radius 1 is 1.13 bits per heavy atom. The van der Waals surface area contributed by atoms with Crippen LogP contribution in [0.15, 0.2) is 41.3 Å². The van der Waals surface area contributed by atoms with Gasteiger partial charge in [-0.3, -0.25) is 4.79 Å². The minimum absolute atomic E-state index is 0.0478. The van der Waals surface area contributed by atoms with E-state index in [9.17, 15) is 26.4 Å². The quantitative estimate of drug-likeness (QED) is 0.718. The molecule has 168 valence electrons. The zero-order valence-corrected chi connectivity index (χ0v) is 18.1. The summed E-state index contributed by atoms with van der Waals surface area (Å²) >= 11 is 6.28. The van der Waals surface area contributed by atoms with Crippen molar-refractivity contribution in [2.75, 3.05) is 20.1 Å². The van der Waals surface area contributed by atoms with Gasteiger partial charge in [0.15, 0.2) is 0 Å². The Labute approximate surface area is 183 Å². The summed E-state index contributed by atoms with van der Waals surface area (Å²) in [5, 5.41) is 0.309. The van der Waals surface area contributed by atoms with Gasteiger partial charge >= 0.3 is 12.1 Å². The molecule has 1 aliphatic rings. The first-order chi connectivity index (χ1) is 14.5. The van der Waals surface area contributed by atoms with Gasteiger partial charge in [0.05, 0.1) is 9.92 Å². The second kappa shape index (κ2) is 9.05. The third-order valence-corrected chi connectivity index (χ3v) is 6.74. The Kier molecular flexibility index (Phi) is 6.82. The molecule has 0 saturated carbocycles. The van der Waals surface area contributed by atoms with Gasteiger partial charge in [-0.25, -0.2) is 13.1 Å². The summed E-state index contributed by atoms with van der Waals surface area (Å²) in [6, 6.07) is 9.42. The van der Waals surface area contributed by atoms with Crippen molar-refractivity contribution in [1.82, 2.24) is 9.62 Å². The molecule has 0 aliphatic carbocycles. The van der Waals surface area contributed by atoms with Crippen molar-refractivity contribution in [2.24, 2.45) is 0 Å². The number of carbonyl (C=O) groups excluding carboxylic acids is 1. The highest BCUT2D eigenvalue weighted by Crippen LogP contribution is 2.35. The number of sulfonamides is 1. The molecule has 0 spiro atoms. The number of halogens is 4. The first-order valence-corrected chi connectivity index (χ1v) is 11.2. The van der Waals surface area contributed by atoms with Gasteiger partial charge in [0, 0.05) is 18.7 Å². The predicted octanol–water partition coefficient (Wildman–Crippen LogP) is 3.32. The van der Waals surface area contributed by atoms with Gasteiger partial charge in [-0.2, -0.15) is 13.2 Å². The highest BCUT2D eigenvalue weighted by Gasteiger charge is 2.42. The Morgan fingerprint density at radius 2 is 1.77 bits per heavy atom. The van der Waals surface area contributed by atoms with Crippen LogP contribution in [0.5, 0.6) is 5.75 Å². The summed E-state index contributed by atoms with van der Waals surface area (Å²) < 4.78 is 70.1. The van der Waals surface area contributed by atoms with E-state index in [4.69, 9.17) is 16.3 Å². The van der Waals surface area contributed by atoms with Crippen LogP contribution in [-0.4, -0.2) is 45.5 Å². The van der Waals surface area contributed by atoms with E-state index in [1.165, 1.54) is 19.2 Å². The second-order valence-corrected chi connectivity index (χ2v) is 9.24. The van der Waals surface area contributed by atoms with Gasteiger partial charge in [-0.1, -0.05) is 29.8 Å². The van der Waals surface area contributed by atoms with Crippen LogP contribution < -0.4 is 9.46 Å². The highest BCUT2D eigenvalue weighted by atomic mass is 35.5. The molecule has 11 heteroatoms. The van der Waals surface area contributed by atoms with Gasteiger partial charge in [0.1, 0.15) is 12.4 Å². The van der Waals surface area contributed by atoms with Crippen LogP contribution in [-0.2, 0) is 34.3 Å². The number of benzene rings is 2. The van der Waals surface area contributed by atoms with Crippen LogP contribution in [0.25, 0.3) is 0 Å². The highest BCUT2D eigenvalue weighted by molar-refractivity contribution is 7.89. The predicted molar refractivity (Wildman–Crippen MR) is 109 cm³/mol. The minimum Gasteiger partial charge on any atom is -0.487 e. The standard InChI is InChI=1S/C20H20ClF3N2O4S/c1-25-31(28,29)15-5-2-13(3-6-15)12-30-18-16-9-11-26(19(27)20(22,23)24)10-8-14(16)4-7-17(18)21/h2-7,25H,8-12H2,1H3. The molecule has 1 N–H and O–H groups in total. The Hall–Kier alpha value is -2.30. The lowest BCUT2D eigenvalue weighted by atomic mass is 10.0. The lowest BCUT2D eigenvalue weighted by Crippen LogP contribution is -2.42. The van der Waals surface area contributed by atoms with E-state index in [2.05, 4.69) is 4.72 Å². The molecule has 1 amide bonds. The molecule has 2 aromatic rings. The van der Waals surface area contributed by atoms with Crippen molar-refractivity contribution < 1.29 is 31.1 Å². The van der Waals surface area contributed by atoms with E-state index >= 15 is 0 Å². The average Bonchev–Trinajstić information content (AvgIpc) is 2.95. The molecule has 6 nitrogen and oxygen atoms in total. The van der Waals surface area contributed by atoms with Crippen molar-refractivity contribution in [1.29, 1.82) is 0 Å². The molecule has 31 heavy (non-hydrogen) atoms. The number of fused-ring (bicyclic) bond motifs is 1. The van der Waals surface area contributed by atoms with Crippen LogP contribution in [0, 0.1) is 0 Å². The fourth-order valence-electron chi connectivity index (χ4n) is 3.34. The normalized spacial score (nSPS) is 14.7. The van der Waals surface area contributed by atoms with E-state index in [1.54, 1.807) is 24.3 Å². The third kappa shape index (κ3) is 5.31. The smallest absolute Gasteiger partial charge is 0.471 e. The van der Waals surface area contributed by atoms with Gasteiger partial charge in [-0.05, 0) is 49.2 Å². The number of hydrogen-bond acceptors (Lipinski definition) is 4. The molecule has 2 aromatic carbocycles. The van der Waals surface area contributed by atoms with Gasteiger partial charge in [0.2, 0.25) is 10.0 Å². The van der Waals surface area contributed by atoms with Crippen molar-refractivity contribution in [2.45, 2.75) is 30.5 Å². The maximum atomic E-state index is 12.8. The summed E-state index contributed by atoms with van der Waals surface area (Å²) in [4.78, 5) is 12.5. The summed E-state index contributed by atoms with van der Waals surface area (Å²) in [5.41, 5.74) is 2.12. The Balaban J connectivity index is 1.77. The van der Waals surface area contributed by atoms with E-state index in [0.717, 1.165) is 10.5 Å². The molecule has 1 aliphatic heterocycles. The molecule has 0 saturated heterocycles. The molecule has 1 heterocycles. The SMILES string of the molecule is CNS(=O)(=O)c1ccc(COc2c(Cl)ccc3c2CCN(C(=O)C(F)(F)F)CC3)cc1. The zero-order chi connectivity index (χ0) is 22.8. The van der Waals surface area contributed by atoms with Gasteiger partial charge in [-0.15, -0.1) is 0 Å². The summed E-state index contributed by atoms with van der Waals surface area (Å²) in [6.45, 7) is -0.0618. The number of rotatable bonds is 5. The zero-order valence-electron chi connectivity index (χ0n) is 16.5. The number of alkyl halides is 3. The summed E-state index contributed by atoms with van der Waals surface area (Å²) in [6.07, 6.45) is -4.49. The van der Waals surface area contributed by atoms with Crippen molar-refractivity contribution in [3.8, 4) is 5.75 Å². The number of ether oxygens (including phenoxy) is 1. The monoisotopic (exact) mass is 476 g/mol. The van der Waals surface area contributed by atoms with Gasteiger partial charge < -0.3 is 9.64 Å². The minimum atomic E-state index is -4.92. The first kappa shape index (κ1) is 23.4. The number of nitrogens with zero attached hydrogens (tertiary/aromatic N) is 1. The van der Waals surface area contributed by atoms with Crippen LogP contribution >= 0.6 is 11.6 Å². The summed E-state index contributed by atoms with van der Waals surface area (Å²) in [7, 11) is -2.23. The molecular formula is C20H20ClF3N2O4S. The van der Waals surface area contributed by atoms with E-state index < -0.39 is 22.1 Å². The van der Waals surface area contributed by atoms with Gasteiger partial charge in [0.25, 0.3) is 0 Å². The molecule has 0 unspecified atom stereocenters. The Bertz CT molecular complexity index is 1070. The molecule has 0 bridgehead atoms. The largest absolute Gasteiger partial charge is 0.487 e. The number of amides is 1. The third-order valence-electron chi connectivity index (χ3n) is 5.01. The molecule has 0 aromatic heterocycles. The number of nitrogens with one attached hydrogen (secondary N) is 1. The van der Waals surface area contributed by atoms with Crippen molar-refractivity contribution in [3.05, 3.63) is 58.1 Å². The number of carbonyl (C=O) groups is 1. The van der Waals surface area contributed by atoms with E-state index in [1.807, 2.05) is 0 Å². The maximum absolute atomic E-state index is 12.8. The maximum Gasteiger partial charge on any atom is 0.471 e. The lowest BCUT2D eigenvalue weighted by Gasteiger charge is -2.21.